The molecule has 0 rings (SSSR count). The van der Waals surface area contributed by atoms with Gasteiger partial charge in [-0.1, -0.05) is 5.70 Å². The van der Waals surface area contributed by atoms with Crippen molar-refractivity contribution in [3.63, 3.8) is 0 Å². The molecule has 0 aromatic carbocycles. The monoisotopic (exact) mass is 352 g/mol. The molecule has 0 fully saturated rings. The van der Waals surface area contributed by atoms with Crippen LogP contribution in [0.5, 0.6) is 0 Å². The van der Waals surface area contributed by atoms with Gasteiger partial charge in [-0.2, -0.15) is 0 Å². The third kappa shape index (κ3) is 5.72. The zero-order valence-corrected chi connectivity index (χ0v) is 18.0. The van der Waals surface area contributed by atoms with E-state index in [1.165, 1.54) is 0 Å². The minimum atomic E-state index is -2.80. The van der Waals surface area contributed by atoms with Crippen LogP contribution >= 0.6 is 0 Å². The summed E-state index contributed by atoms with van der Waals surface area (Å²) in [4.78, 5) is 0. The predicted molar refractivity (Wildman–Crippen MR) is 93.0 cm³/mol. The molecule has 0 aliphatic rings. The average molecular weight is 353 g/mol. The maximum Gasteiger partial charge on any atom is 0.528 e. The number of hydrogen-bond donors (Lipinski definition) is 0. The highest BCUT2D eigenvalue weighted by Crippen LogP contribution is 2.24. The molecule has 21 heavy (non-hydrogen) atoms. The first-order valence-corrected chi connectivity index (χ1v) is 14.9. The second kappa shape index (κ2) is 8.16. The zero-order valence-electron chi connectivity index (χ0n) is 15.0. The van der Waals surface area contributed by atoms with Crippen LogP contribution in [0.4, 0.5) is 0 Å². The minimum absolute atomic E-state index is 0.0527. The van der Waals surface area contributed by atoms with Crippen molar-refractivity contribution in [3.05, 3.63) is 12.3 Å². The van der Waals surface area contributed by atoms with Crippen molar-refractivity contribution in [3.8, 4) is 0 Å². The van der Waals surface area contributed by atoms with Crippen molar-refractivity contribution in [2.45, 2.75) is 51.5 Å². The van der Waals surface area contributed by atoms with Crippen LogP contribution in [-0.4, -0.2) is 58.2 Å². The summed E-state index contributed by atoms with van der Waals surface area (Å²) in [5.74, 6) is 0. The fraction of sp³-hybridized carbons (Fsp3) is 0.846. The van der Waals surface area contributed by atoms with Gasteiger partial charge in [0.05, 0.1) is 5.73 Å². The highest BCUT2D eigenvalue weighted by Gasteiger charge is 2.49. The van der Waals surface area contributed by atoms with Crippen LogP contribution in [0.3, 0.4) is 0 Å². The van der Waals surface area contributed by atoms with Crippen molar-refractivity contribution in [2.75, 3.05) is 21.3 Å². The summed E-state index contributed by atoms with van der Waals surface area (Å²) >= 11 is 0. The standard InChI is InChI=1S/C13H32O5Si3/c1-11-19(7,8)17-12(2)20(9,10)18-13(3)21(14-4,15-5)16-6/h11-13H,1H2,2-10H3/t12-,13?/m0/s1. The van der Waals surface area contributed by atoms with E-state index in [1.807, 2.05) is 12.6 Å². The summed E-state index contributed by atoms with van der Waals surface area (Å²) in [6.45, 7) is 16.4. The van der Waals surface area contributed by atoms with Crippen LogP contribution in [0.1, 0.15) is 13.8 Å². The van der Waals surface area contributed by atoms with Gasteiger partial charge in [0.2, 0.25) is 16.6 Å². The highest BCUT2D eigenvalue weighted by molar-refractivity contribution is 6.79. The van der Waals surface area contributed by atoms with E-state index in [1.54, 1.807) is 21.3 Å². The molecule has 2 atom stereocenters. The molecule has 5 nitrogen and oxygen atoms in total. The summed E-state index contributed by atoms with van der Waals surface area (Å²) in [6.07, 6.45) is 0. The minimum Gasteiger partial charge on any atom is -0.411 e. The van der Waals surface area contributed by atoms with Crippen LogP contribution in [-0.2, 0) is 22.1 Å². The van der Waals surface area contributed by atoms with E-state index in [0.29, 0.717) is 0 Å². The summed E-state index contributed by atoms with van der Waals surface area (Å²) in [5, 5.41) is 0. The summed E-state index contributed by atoms with van der Waals surface area (Å²) < 4.78 is 29.0. The van der Waals surface area contributed by atoms with Gasteiger partial charge in [-0.3, -0.25) is 0 Å². The molecule has 1 unspecified atom stereocenters. The molecule has 0 aliphatic carbocycles. The first-order chi connectivity index (χ1) is 9.50. The van der Waals surface area contributed by atoms with Gasteiger partial charge in [0.15, 0.2) is 0 Å². The Bertz CT molecular complexity index is 324. The van der Waals surface area contributed by atoms with Crippen LogP contribution in [0, 0.1) is 0 Å². The first kappa shape index (κ1) is 21.2. The summed E-state index contributed by atoms with van der Waals surface area (Å²) in [5.41, 5.74) is 1.76. The van der Waals surface area contributed by atoms with Gasteiger partial charge >= 0.3 is 8.80 Å². The average Bonchev–Trinajstić information content (AvgIpc) is 2.40. The molecular formula is C13H32O5Si3. The lowest BCUT2D eigenvalue weighted by molar-refractivity contribution is 0.0665. The van der Waals surface area contributed by atoms with Gasteiger partial charge in [0, 0.05) is 21.3 Å². The van der Waals surface area contributed by atoms with Crippen LogP contribution in [0.15, 0.2) is 12.3 Å². The topological polar surface area (TPSA) is 46.2 Å². The van der Waals surface area contributed by atoms with Crippen molar-refractivity contribution >= 4 is 25.4 Å². The third-order valence-electron chi connectivity index (χ3n) is 3.78. The molecule has 0 aromatic rings. The van der Waals surface area contributed by atoms with Crippen molar-refractivity contribution in [1.82, 2.24) is 0 Å². The Kier molecular flexibility index (Phi) is 8.23. The van der Waals surface area contributed by atoms with Crippen LogP contribution in [0.25, 0.3) is 0 Å². The Morgan fingerprint density at radius 2 is 1.24 bits per heavy atom. The maximum absolute atomic E-state index is 6.32. The largest absolute Gasteiger partial charge is 0.528 e. The SMILES string of the molecule is C=C[Si](C)(C)O[C@H](C)[Si](C)(C)OC(C)[Si](OC)(OC)OC. The molecule has 0 radical (unpaired) electrons. The summed E-state index contributed by atoms with van der Waals surface area (Å²) in [6, 6.07) is 0. The van der Waals surface area contributed by atoms with Gasteiger partial charge in [-0.05, 0) is 40.0 Å². The Hall–Kier alpha value is 0.191. The van der Waals surface area contributed by atoms with Gasteiger partial charge in [0.1, 0.15) is 5.73 Å². The number of rotatable bonds is 10. The van der Waals surface area contributed by atoms with E-state index in [0.717, 1.165) is 0 Å². The predicted octanol–water partition coefficient (Wildman–Crippen LogP) is 2.89. The van der Waals surface area contributed by atoms with Crippen molar-refractivity contribution in [2.24, 2.45) is 0 Å². The van der Waals surface area contributed by atoms with Crippen molar-refractivity contribution in [1.29, 1.82) is 0 Å². The molecular weight excluding hydrogens is 320 g/mol. The fourth-order valence-corrected chi connectivity index (χ4v) is 9.16. The maximum atomic E-state index is 6.32. The molecule has 126 valence electrons. The zero-order chi connectivity index (χ0) is 16.9. The lowest BCUT2D eigenvalue weighted by Crippen LogP contribution is -2.60. The van der Waals surface area contributed by atoms with Crippen LogP contribution < -0.4 is 0 Å². The Morgan fingerprint density at radius 1 is 0.810 bits per heavy atom. The van der Waals surface area contributed by atoms with E-state index in [9.17, 15) is 0 Å². The second-order valence-corrected chi connectivity index (χ2v) is 17.5. The summed E-state index contributed by atoms with van der Waals surface area (Å²) in [7, 11) is -1.93. The lowest BCUT2D eigenvalue weighted by Gasteiger charge is -2.39. The van der Waals surface area contributed by atoms with E-state index in [2.05, 4.69) is 39.7 Å². The molecule has 0 aromatic heterocycles. The fourth-order valence-electron chi connectivity index (χ4n) is 2.02. The lowest BCUT2D eigenvalue weighted by atomic mass is 10.9. The molecule has 0 saturated heterocycles. The second-order valence-electron chi connectivity index (χ2n) is 6.15. The molecule has 0 N–H and O–H groups in total. The Morgan fingerprint density at radius 3 is 1.57 bits per heavy atom. The molecule has 8 heteroatoms. The Labute approximate surface area is 133 Å². The smallest absolute Gasteiger partial charge is 0.411 e. The van der Waals surface area contributed by atoms with Gasteiger partial charge in [0.25, 0.3) is 0 Å². The molecule has 0 heterocycles. The molecule has 0 saturated carbocycles. The molecule has 0 amide bonds. The van der Waals surface area contributed by atoms with Gasteiger partial charge in [-0.25, -0.2) is 0 Å². The highest BCUT2D eigenvalue weighted by atomic mass is 28.4. The normalized spacial score (nSPS) is 16.6. The third-order valence-corrected chi connectivity index (χ3v) is 12.1. The van der Waals surface area contributed by atoms with Gasteiger partial charge in [-0.15, -0.1) is 6.58 Å². The molecule has 0 spiro atoms. The Balaban J connectivity index is 4.97. The van der Waals surface area contributed by atoms with E-state index < -0.39 is 25.4 Å². The van der Waals surface area contributed by atoms with E-state index in [4.69, 9.17) is 22.1 Å². The van der Waals surface area contributed by atoms with Crippen LogP contribution in [0.2, 0.25) is 26.2 Å². The molecule has 0 bridgehead atoms. The molecule has 0 aliphatic heterocycles. The quantitative estimate of drug-likeness (QED) is 0.566. The van der Waals surface area contributed by atoms with Crippen molar-refractivity contribution < 1.29 is 22.1 Å². The van der Waals surface area contributed by atoms with E-state index >= 15 is 0 Å². The van der Waals surface area contributed by atoms with Gasteiger partial charge < -0.3 is 22.1 Å². The first-order valence-electron chi connectivity index (χ1n) is 7.15. The van der Waals surface area contributed by atoms with E-state index in [-0.39, 0.29) is 11.5 Å². The number of hydrogen-bond acceptors (Lipinski definition) is 5.